The van der Waals surface area contributed by atoms with Crippen LogP contribution in [-0.4, -0.2) is 23.4 Å². The molecule has 1 aromatic carbocycles. The summed E-state index contributed by atoms with van der Waals surface area (Å²) < 4.78 is 26.8. The lowest BCUT2D eigenvalue weighted by molar-refractivity contribution is 0.00578. The van der Waals surface area contributed by atoms with Crippen molar-refractivity contribution in [1.29, 1.82) is 0 Å². The summed E-state index contributed by atoms with van der Waals surface area (Å²) in [4.78, 5) is 0.730. The van der Waals surface area contributed by atoms with Gasteiger partial charge >= 0.3 is 7.12 Å². The van der Waals surface area contributed by atoms with Gasteiger partial charge in [-0.05, 0) is 39.8 Å². The van der Waals surface area contributed by atoms with Crippen LogP contribution in [0.1, 0.15) is 32.6 Å². The van der Waals surface area contributed by atoms with E-state index in [4.69, 9.17) is 9.31 Å². The second-order valence-electron chi connectivity index (χ2n) is 6.34. The zero-order chi connectivity index (χ0) is 15.4. The molecular formula is C15H18BFO3S. The standard InChI is InChI=1S/C15H18BFO3S/c1-14(2)15(3,4)20-16(19-14)11-5-6-12(17)10-7-9(8-18)21-13(10)11/h5-7,18H,8H2,1-4H3. The Labute approximate surface area is 127 Å². The van der Waals surface area contributed by atoms with Gasteiger partial charge in [-0.1, -0.05) is 6.07 Å². The zero-order valence-electron chi connectivity index (χ0n) is 12.6. The first kappa shape index (κ1) is 15.0. The molecule has 112 valence electrons. The molecule has 0 aliphatic carbocycles. The molecule has 1 aliphatic rings. The Bertz CT molecular complexity index is 680. The third-order valence-electron chi connectivity index (χ3n) is 4.37. The Morgan fingerprint density at radius 3 is 2.38 bits per heavy atom. The summed E-state index contributed by atoms with van der Waals surface area (Å²) in [6.07, 6.45) is 0. The van der Waals surface area contributed by atoms with Crippen LogP contribution in [0.3, 0.4) is 0 Å². The van der Waals surface area contributed by atoms with E-state index in [1.54, 1.807) is 12.1 Å². The zero-order valence-corrected chi connectivity index (χ0v) is 13.4. The van der Waals surface area contributed by atoms with Gasteiger partial charge < -0.3 is 14.4 Å². The first-order valence-corrected chi connectivity index (χ1v) is 7.74. The number of fused-ring (bicyclic) bond motifs is 1. The number of hydrogen-bond acceptors (Lipinski definition) is 4. The summed E-state index contributed by atoms with van der Waals surface area (Å²) in [7, 11) is -0.525. The summed E-state index contributed by atoms with van der Waals surface area (Å²) in [5.41, 5.74) is -0.0556. The van der Waals surface area contributed by atoms with E-state index in [0.29, 0.717) is 5.39 Å². The van der Waals surface area contributed by atoms with E-state index >= 15 is 0 Å². The number of hydrogen-bond donors (Lipinski definition) is 1. The lowest BCUT2D eigenvalue weighted by Gasteiger charge is -2.32. The highest BCUT2D eigenvalue weighted by molar-refractivity contribution is 7.20. The van der Waals surface area contributed by atoms with Crippen molar-refractivity contribution in [2.24, 2.45) is 0 Å². The fourth-order valence-corrected chi connectivity index (χ4v) is 3.45. The van der Waals surface area contributed by atoms with Crippen molar-refractivity contribution in [2.45, 2.75) is 45.5 Å². The average molecular weight is 308 g/mol. The number of benzene rings is 1. The number of aliphatic hydroxyl groups is 1. The summed E-state index contributed by atoms with van der Waals surface area (Å²) in [5.74, 6) is -0.291. The molecule has 0 radical (unpaired) electrons. The Kier molecular flexibility index (Phi) is 3.41. The molecule has 0 saturated carbocycles. The first-order valence-electron chi connectivity index (χ1n) is 6.92. The normalized spacial score (nSPS) is 20.4. The van der Waals surface area contributed by atoms with E-state index in [-0.39, 0.29) is 12.4 Å². The Hall–Kier alpha value is -0.945. The summed E-state index contributed by atoms with van der Waals surface area (Å²) in [6, 6.07) is 4.82. The monoisotopic (exact) mass is 308 g/mol. The van der Waals surface area contributed by atoms with Crippen molar-refractivity contribution in [2.75, 3.05) is 0 Å². The van der Waals surface area contributed by atoms with Crippen LogP contribution in [0.25, 0.3) is 10.1 Å². The van der Waals surface area contributed by atoms with Gasteiger partial charge in [0.1, 0.15) is 5.82 Å². The maximum absolute atomic E-state index is 14.0. The lowest BCUT2D eigenvalue weighted by atomic mass is 9.78. The molecule has 1 fully saturated rings. The molecule has 0 amide bonds. The number of halogens is 1. The smallest absolute Gasteiger partial charge is 0.399 e. The van der Waals surface area contributed by atoms with Crippen LogP contribution in [0, 0.1) is 5.82 Å². The van der Waals surface area contributed by atoms with Crippen LogP contribution >= 0.6 is 11.3 Å². The van der Waals surface area contributed by atoms with E-state index in [0.717, 1.165) is 15.0 Å². The van der Waals surface area contributed by atoms with E-state index in [1.807, 2.05) is 27.7 Å². The minimum absolute atomic E-state index is 0.0956. The lowest BCUT2D eigenvalue weighted by Crippen LogP contribution is -2.41. The van der Waals surface area contributed by atoms with E-state index in [1.165, 1.54) is 17.4 Å². The summed E-state index contributed by atoms with van der Waals surface area (Å²) in [5, 5.41) is 9.79. The van der Waals surface area contributed by atoms with Crippen LogP contribution in [0.5, 0.6) is 0 Å². The SMILES string of the molecule is CC1(C)OB(c2ccc(F)c3cc(CO)sc23)OC1(C)C. The Balaban J connectivity index is 2.10. The maximum atomic E-state index is 14.0. The van der Waals surface area contributed by atoms with Crippen molar-refractivity contribution >= 4 is 34.0 Å². The Morgan fingerprint density at radius 1 is 1.19 bits per heavy atom. The topological polar surface area (TPSA) is 38.7 Å². The highest BCUT2D eigenvalue weighted by Gasteiger charge is 2.52. The minimum Gasteiger partial charge on any atom is -0.399 e. The molecule has 21 heavy (non-hydrogen) atoms. The van der Waals surface area contributed by atoms with Gasteiger partial charge in [-0.2, -0.15) is 0 Å². The van der Waals surface area contributed by atoms with Gasteiger partial charge in [0.15, 0.2) is 0 Å². The fraction of sp³-hybridized carbons (Fsp3) is 0.467. The van der Waals surface area contributed by atoms with Crippen LogP contribution in [-0.2, 0) is 15.9 Å². The van der Waals surface area contributed by atoms with Crippen LogP contribution < -0.4 is 5.46 Å². The number of rotatable bonds is 2. The molecule has 6 heteroatoms. The van der Waals surface area contributed by atoms with Crippen LogP contribution in [0.4, 0.5) is 4.39 Å². The first-order chi connectivity index (χ1) is 9.75. The molecule has 3 rings (SSSR count). The van der Waals surface area contributed by atoms with E-state index < -0.39 is 18.3 Å². The third-order valence-corrected chi connectivity index (χ3v) is 5.54. The van der Waals surface area contributed by atoms with E-state index in [9.17, 15) is 9.50 Å². The van der Waals surface area contributed by atoms with Gasteiger partial charge in [0.05, 0.1) is 17.8 Å². The van der Waals surface area contributed by atoms with Crippen LogP contribution in [0.15, 0.2) is 18.2 Å². The molecule has 1 N–H and O–H groups in total. The van der Waals surface area contributed by atoms with Crippen LogP contribution in [0.2, 0.25) is 0 Å². The number of thiophene rings is 1. The molecule has 0 spiro atoms. The highest BCUT2D eigenvalue weighted by atomic mass is 32.1. The molecule has 1 aromatic heterocycles. The molecule has 1 aliphatic heterocycles. The quantitative estimate of drug-likeness (QED) is 0.867. The second-order valence-corrected chi connectivity index (χ2v) is 7.48. The molecular weight excluding hydrogens is 290 g/mol. The Morgan fingerprint density at radius 2 is 1.81 bits per heavy atom. The molecule has 3 nitrogen and oxygen atoms in total. The molecule has 2 heterocycles. The summed E-state index contributed by atoms with van der Waals surface area (Å²) in [6.45, 7) is 7.85. The van der Waals surface area contributed by atoms with Gasteiger partial charge in [-0.15, -0.1) is 11.3 Å². The van der Waals surface area contributed by atoms with Gasteiger partial charge in [0.25, 0.3) is 0 Å². The molecule has 0 atom stereocenters. The summed E-state index contributed by atoms with van der Waals surface area (Å²) >= 11 is 1.38. The van der Waals surface area contributed by atoms with Gasteiger partial charge in [-0.3, -0.25) is 0 Å². The second kappa shape index (κ2) is 4.78. The van der Waals surface area contributed by atoms with Crippen molar-refractivity contribution in [3.8, 4) is 0 Å². The molecule has 2 aromatic rings. The van der Waals surface area contributed by atoms with Gasteiger partial charge in [0, 0.05) is 20.4 Å². The number of aliphatic hydroxyl groups excluding tert-OH is 1. The molecule has 1 saturated heterocycles. The van der Waals surface area contributed by atoms with Crippen molar-refractivity contribution in [3.05, 3.63) is 28.9 Å². The predicted molar refractivity (Wildman–Crippen MR) is 83.4 cm³/mol. The fourth-order valence-electron chi connectivity index (χ4n) is 2.40. The molecule has 0 bridgehead atoms. The highest BCUT2D eigenvalue weighted by Crippen LogP contribution is 2.38. The third kappa shape index (κ3) is 2.30. The van der Waals surface area contributed by atoms with Gasteiger partial charge in [-0.25, -0.2) is 4.39 Å². The predicted octanol–water partition coefficient (Wildman–Crippen LogP) is 2.83. The largest absolute Gasteiger partial charge is 0.496 e. The average Bonchev–Trinajstić information content (AvgIpc) is 2.90. The minimum atomic E-state index is -0.525. The van der Waals surface area contributed by atoms with Crippen molar-refractivity contribution < 1.29 is 18.8 Å². The van der Waals surface area contributed by atoms with E-state index in [2.05, 4.69) is 0 Å². The maximum Gasteiger partial charge on any atom is 0.496 e. The molecule has 0 unspecified atom stereocenters. The van der Waals surface area contributed by atoms with Crippen molar-refractivity contribution in [1.82, 2.24) is 0 Å². The van der Waals surface area contributed by atoms with Gasteiger partial charge in [0.2, 0.25) is 0 Å². The van der Waals surface area contributed by atoms with Crippen molar-refractivity contribution in [3.63, 3.8) is 0 Å².